The molecule has 0 aliphatic heterocycles. The van der Waals surface area contributed by atoms with Crippen LogP contribution in [0.15, 0.2) is 18.2 Å². The van der Waals surface area contributed by atoms with Gasteiger partial charge in [0.1, 0.15) is 5.82 Å². The number of alkyl halides is 1. The van der Waals surface area contributed by atoms with Gasteiger partial charge in [-0.2, -0.15) is 10.4 Å². The molecule has 0 N–H and O–H groups in total. The zero-order chi connectivity index (χ0) is 14.0. The van der Waals surface area contributed by atoms with E-state index in [4.69, 9.17) is 16.9 Å². The summed E-state index contributed by atoms with van der Waals surface area (Å²) in [4.78, 5) is 0. The first kappa shape index (κ1) is 13.6. The number of halogens is 2. The van der Waals surface area contributed by atoms with Crippen LogP contribution in [0.5, 0.6) is 0 Å². The van der Waals surface area contributed by atoms with Gasteiger partial charge in [-0.3, -0.25) is 4.68 Å². The SMILES string of the molecule is Cc1nn(Cc2cc(C#N)ccc2F)c(C)c1CCl. The molecule has 0 amide bonds. The van der Waals surface area contributed by atoms with Gasteiger partial charge in [-0.25, -0.2) is 4.39 Å². The van der Waals surface area contributed by atoms with Gasteiger partial charge in [0, 0.05) is 16.8 Å². The molecule has 5 heteroatoms. The fourth-order valence-corrected chi connectivity index (χ4v) is 2.39. The summed E-state index contributed by atoms with van der Waals surface area (Å²) < 4.78 is 15.5. The second-order valence-corrected chi connectivity index (χ2v) is 4.63. The molecule has 0 radical (unpaired) electrons. The summed E-state index contributed by atoms with van der Waals surface area (Å²) in [5.74, 6) is 0.0530. The van der Waals surface area contributed by atoms with Crippen molar-refractivity contribution >= 4 is 11.6 Å². The molecule has 3 nitrogen and oxygen atoms in total. The Morgan fingerprint density at radius 1 is 1.42 bits per heavy atom. The molecule has 0 spiro atoms. The zero-order valence-corrected chi connectivity index (χ0v) is 11.5. The van der Waals surface area contributed by atoms with Gasteiger partial charge in [0.15, 0.2) is 0 Å². The van der Waals surface area contributed by atoms with Gasteiger partial charge in [0.25, 0.3) is 0 Å². The van der Waals surface area contributed by atoms with Crippen molar-refractivity contribution in [1.82, 2.24) is 9.78 Å². The molecule has 0 saturated carbocycles. The van der Waals surface area contributed by atoms with Gasteiger partial charge < -0.3 is 0 Å². The maximum atomic E-state index is 13.7. The normalized spacial score (nSPS) is 10.5. The van der Waals surface area contributed by atoms with E-state index in [-0.39, 0.29) is 5.82 Å². The highest BCUT2D eigenvalue weighted by Gasteiger charge is 2.12. The van der Waals surface area contributed by atoms with E-state index in [1.165, 1.54) is 12.1 Å². The topological polar surface area (TPSA) is 41.6 Å². The van der Waals surface area contributed by atoms with Crippen LogP contribution < -0.4 is 0 Å². The van der Waals surface area contributed by atoms with Gasteiger partial charge in [-0.1, -0.05) is 0 Å². The Hall–Kier alpha value is -1.86. The molecule has 0 aliphatic carbocycles. The van der Waals surface area contributed by atoms with E-state index < -0.39 is 0 Å². The third-order valence-corrected chi connectivity index (χ3v) is 3.43. The van der Waals surface area contributed by atoms with Crippen molar-refractivity contribution in [2.75, 3.05) is 0 Å². The van der Waals surface area contributed by atoms with Crippen LogP contribution in [0.2, 0.25) is 0 Å². The zero-order valence-electron chi connectivity index (χ0n) is 10.7. The van der Waals surface area contributed by atoms with Crippen molar-refractivity contribution in [3.8, 4) is 6.07 Å². The molecule has 1 aromatic heterocycles. The average Bonchev–Trinajstić information content (AvgIpc) is 2.66. The predicted octanol–water partition coefficient (Wildman–Crippen LogP) is 3.30. The van der Waals surface area contributed by atoms with Gasteiger partial charge in [-0.15, -0.1) is 11.6 Å². The Morgan fingerprint density at radius 3 is 2.74 bits per heavy atom. The molecule has 0 fully saturated rings. The first-order chi connectivity index (χ1) is 9.06. The Labute approximate surface area is 116 Å². The maximum Gasteiger partial charge on any atom is 0.128 e. The number of hydrogen-bond acceptors (Lipinski definition) is 2. The number of rotatable bonds is 3. The van der Waals surface area contributed by atoms with Crippen molar-refractivity contribution < 1.29 is 4.39 Å². The summed E-state index contributed by atoms with van der Waals surface area (Å²) in [5, 5.41) is 13.2. The lowest BCUT2D eigenvalue weighted by Gasteiger charge is -2.07. The molecule has 1 heterocycles. The van der Waals surface area contributed by atoms with Gasteiger partial charge >= 0.3 is 0 Å². The molecular weight excluding hydrogens is 265 g/mol. The lowest BCUT2D eigenvalue weighted by molar-refractivity contribution is 0.578. The minimum atomic E-state index is -0.334. The molecule has 2 aromatic rings. The molecule has 0 atom stereocenters. The number of aryl methyl sites for hydroxylation is 1. The Morgan fingerprint density at radius 2 is 2.16 bits per heavy atom. The van der Waals surface area contributed by atoms with Gasteiger partial charge in [0.2, 0.25) is 0 Å². The van der Waals surface area contributed by atoms with Crippen molar-refractivity contribution in [2.45, 2.75) is 26.3 Å². The number of aromatic nitrogens is 2. The van der Waals surface area contributed by atoms with E-state index >= 15 is 0 Å². The molecule has 98 valence electrons. The first-order valence-electron chi connectivity index (χ1n) is 5.84. The van der Waals surface area contributed by atoms with E-state index in [0.717, 1.165) is 17.0 Å². The molecule has 1 aromatic carbocycles. The minimum Gasteiger partial charge on any atom is -0.265 e. The second kappa shape index (κ2) is 5.41. The molecule has 0 saturated heterocycles. The summed E-state index contributed by atoms with van der Waals surface area (Å²) in [6.07, 6.45) is 0. The largest absolute Gasteiger partial charge is 0.265 e. The molecule has 0 aliphatic rings. The first-order valence-corrected chi connectivity index (χ1v) is 6.37. The predicted molar refractivity (Wildman–Crippen MR) is 71.5 cm³/mol. The highest BCUT2D eigenvalue weighted by molar-refractivity contribution is 6.17. The Balaban J connectivity index is 2.39. The van der Waals surface area contributed by atoms with Crippen LogP contribution in [-0.2, 0) is 12.4 Å². The second-order valence-electron chi connectivity index (χ2n) is 4.36. The number of nitrogens with zero attached hydrogens (tertiary/aromatic N) is 3. The summed E-state index contributed by atoms with van der Waals surface area (Å²) in [5.41, 5.74) is 3.64. The van der Waals surface area contributed by atoms with Crippen LogP contribution in [0.1, 0.15) is 28.1 Å². The van der Waals surface area contributed by atoms with Crippen LogP contribution in [0.3, 0.4) is 0 Å². The third kappa shape index (κ3) is 2.61. The Kier molecular flexibility index (Phi) is 3.87. The molecule has 2 rings (SSSR count). The maximum absolute atomic E-state index is 13.7. The minimum absolute atomic E-state index is 0.297. The number of benzene rings is 1. The monoisotopic (exact) mass is 277 g/mol. The Bertz CT molecular complexity index is 655. The van der Waals surface area contributed by atoms with E-state index in [9.17, 15) is 4.39 Å². The van der Waals surface area contributed by atoms with Crippen molar-refractivity contribution in [3.05, 3.63) is 52.1 Å². The smallest absolute Gasteiger partial charge is 0.128 e. The molecular formula is C14H13ClFN3. The van der Waals surface area contributed by atoms with Crippen LogP contribution in [0.4, 0.5) is 4.39 Å². The van der Waals surface area contributed by atoms with E-state index in [1.807, 2.05) is 19.9 Å². The van der Waals surface area contributed by atoms with Crippen LogP contribution in [0, 0.1) is 31.0 Å². The molecule has 19 heavy (non-hydrogen) atoms. The fourth-order valence-electron chi connectivity index (χ4n) is 2.01. The van der Waals surface area contributed by atoms with Gasteiger partial charge in [-0.05, 0) is 32.0 Å². The van der Waals surface area contributed by atoms with E-state index in [2.05, 4.69) is 5.10 Å². The summed E-state index contributed by atoms with van der Waals surface area (Å²) in [6.45, 7) is 4.08. The van der Waals surface area contributed by atoms with Crippen LogP contribution >= 0.6 is 11.6 Å². The van der Waals surface area contributed by atoms with E-state index in [0.29, 0.717) is 23.6 Å². The van der Waals surface area contributed by atoms with Crippen molar-refractivity contribution in [3.63, 3.8) is 0 Å². The third-order valence-electron chi connectivity index (χ3n) is 3.16. The van der Waals surface area contributed by atoms with Crippen molar-refractivity contribution in [2.24, 2.45) is 0 Å². The number of hydrogen-bond donors (Lipinski definition) is 0. The standard InChI is InChI=1S/C14H13ClFN3/c1-9-13(6-15)10(2)19(18-9)8-12-5-11(7-17)3-4-14(12)16/h3-5H,6,8H2,1-2H3. The lowest BCUT2D eigenvalue weighted by Crippen LogP contribution is -2.06. The fraction of sp³-hybridized carbons (Fsp3) is 0.286. The van der Waals surface area contributed by atoms with Crippen LogP contribution in [0.25, 0.3) is 0 Å². The summed E-state index contributed by atoms with van der Waals surface area (Å²) >= 11 is 5.86. The molecule has 0 unspecified atom stereocenters. The lowest BCUT2D eigenvalue weighted by atomic mass is 10.1. The average molecular weight is 278 g/mol. The quantitative estimate of drug-likeness (QED) is 0.808. The van der Waals surface area contributed by atoms with E-state index in [1.54, 1.807) is 10.7 Å². The number of nitriles is 1. The van der Waals surface area contributed by atoms with Crippen LogP contribution in [-0.4, -0.2) is 9.78 Å². The highest BCUT2D eigenvalue weighted by atomic mass is 35.5. The van der Waals surface area contributed by atoms with Crippen molar-refractivity contribution in [1.29, 1.82) is 5.26 Å². The highest BCUT2D eigenvalue weighted by Crippen LogP contribution is 2.18. The van der Waals surface area contributed by atoms with Gasteiger partial charge in [0.05, 0.1) is 29.8 Å². The molecule has 0 bridgehead atoms. The summed E-state index contributed by atoms with van der Waals surface area (Å²) in [6, 6.07) is 6.32. The summed E-state index contributed by atoms with van der Waals surface area (Å²) in [7, 11) is 0.